The molecule has 0 saturated carbocycles. The average molecular weight is 117 g/mol. The van der Waals surface area contributed by atoms with Crippen LogP contribution in [-0.4, -0.2) is 31.1 Å². The number of hydrogen-bond donors (Lipinski definition) is 1. The van der Waals surface area contributed by atoms with Gasteiger partial charge >= 0.3 is 0 Å². The van der Waals surface area contributed by atoms with Gasteiger partial charge in [-0.15, -0.1) is 0 Å². The van der Waals surface area contributed by atoms with Gasteiger partial charge in [-0.3, -0.25) is 0 Å². The lowest BCUT2D eigenvalue weighted by molar-refractivity contribution is 0.472. The van der Waals surface area contributed by atoms with Crippen LogP contribution in [0.1, 0.15) is 6.92 Å². The second-order valence-corrected chi connectivity index (χ2v) is 1.82. The van der Waals surface area contributed by atoms with E-state index in [0.29, 0.717) is 0 Å². The lowest BCUT2D eigenvalue weighted by Crippen LogP contribution is -1.99. The molecule has 0 fully saturated rings. The summed E-state index contributed by atoms with van der Waals surface area (Å²) < 4.78 is 0. The molecule has 0 aromatic rings. The van der Waals surface area contributed by atoms with Crippen molar-refractivity contribution in [2.24, 2.45) is 0 Å². The highest BCUT2D eigenvalue weighted by Crippen LogP contribution is 1.51. The second-order valence-electron chi connectivity index (χ2n) is 1.82. The predicted octanol–water partition coefficient (Wildman–Crippen LogP) is 1.26. The molecule has 50 valence electrons. The van der Waals surface area contributed by atoms with Gasteiger partial charge in [0.05, 0.1) is 6.26 Å². The summed E-state index contributed by atoms with van der Waals surface area (Å²) in [4.78, 5) is 2.00. The zero-order chi connectivity index (χ0) is 6.99. The molecule has 2 nitrogen and oxygen atoms in total. The van der Waals surface area contributed by atoms with Crippen molar-refractivity contribution in [3.8, 4) is 0 Å². The summed E-state index contributed by atoms with van der Waals surface area (Å²) in [6.45, 7) is 1.75. The van der Waals surface area contributed by atoms with E-state index in [2.05, 4.69) is 0 Å². The molecule has 0 saturated heterocycles. The minimum Gasteiger partial charge on any atom is -0.516 e. The molecule has 0 unspecified atom stereocenters. The number of aliphatic hydroxyl groups excluding tert-OH is 1. The summed E-state index contributed by atoms with van der Waals surface area (Å²) >= 11 is 0. The summed E-state index contributed by atoms with van der Waals surface area (Å²) in [7, 11) is 6.00. The van der Waals surface area contributed by atoms with Crippen molar-refractivity contribution < 1.29 is 5.11 Å². The first-order valence-electron chi connectivity index (χ1n) is 2.51. The summed E-state index contributed by atoms with van der Waals surface area (Å²) in [6.07, 6.45) is 2.56. The Kier molecular flexibility index (Phi) is 12.7. The van der Waals surface area contributed by atoms with Crippen LogP contribution in [0.3, 0.4) is 0 Å². The lowest BCUT2D eigenvalue weighted by Gasteiger charge is -1.90. The minimum atomic E-state index is 1.00. The summed E-state index contributed by atoms with van der Waals surface area (Å²) in [5, 5.41) is 7.69. The molecule has 0 aliphatic carbocycles. The number of aliphatic hydroxyl groups is 1. The molecule has 2 heteroatoms. The van der Waals surface area contributed by atoms with Gasteiger partial charge in [0.2, 0.25) is 0 Å². The maximum Gasteiger partial charge on any atom is 0.0748 e. The zero-order valence-corrected chi connectivity index (χ0v) is 6.05. The molecule has 0 radical (unpaired) electrons. The van der Waals surface area contributed by atoms with Crippen molar-refractivity contribution in [2.45, 2.75) is 6.92 Å². The van der Waals surface area contributed by atoms with E-state index in [1.165, 1.54) is 0 Å². The van der Waals surface area contributed by atoms with Crippen molar-refractivity contribution in [3.63, 3.8) is 0 Å². The van der Waals surface area contributed by atoms with Crippen LogP contribution in [0.25, 0.3) is 0 Å². The minimum absolute atomic E-state index is 1.00. The number of allylic oxidation sites excluding steroid dienone is 1. The smallest absolute Gasteiger partial charge is 0.0748 e. The molecule has 8 heavy (non-hydrogen) atoms. The molecular weight excluding hydrogens is 102 g/mol. The quantitative estimate of drug-likeness (QED) is 0.483. The van der Waals surface area contributed by atoms with Crippen molar-refractivity contribution in [3.05, 3.63) is 12.3 Å². The van der Waals surface area contributed by atoms with Gasteiger partial charge in [-0.2, -0.15) is 0 Å². The lowest BCUT2D eigenvalue weighted by atomic mass is 10.8. The molecule has 0 atom stereocenters. The SMILES string of the molecule is CC=CO.CN(C)C. The molecular formula is C6H15NO. The van der Waals surface area contributed by atoms with E-state index in [-0.39, 0.29) is 0 Å². The van der Waals surface area contributed by atoms with Gasteiger partial charge in [-0.25, -0.2) is 0 Å². The topological polar surface area (TPSA) is 23.5 Å². The maximum atomic E-state index is 7.69. The van der Waals surface area contributed by atoms with Crippen molar-refractivity contribution in [2.75, 3.05) is 21.1 Å². The van der Waals surface area contributed by atoms with E-state index in [1.807, 2.05) is 26.0 Å². The molecule has 1 N–H and O–H groups in total. The Morgan fingerprint density at radius 3 is 1.38 bits per heavy atom. The Labute approximate surface area is 51.4 Å². The van der Waals surface area contributed by atoms with Crippen LogP contribution >= 0.6 is 0 Å². The number of hydrogen-bond acceptors (Lipinski definition) is 2. The van der Waals surface area contributed by atoms with E-state index in [9.17, 15) is 0 Å². The van der Waals surface area contributed by atoms with Crippen molar-refractivity contribution in [1.82, 2.24) is 4.90 Å². The molecule has 0 spiro atoms. The fraction of sp³-hybridized carbons (Fsp3) is 0.667. The Hall–Kier alpha value is -0.500. The first kappa shape index (κ1) is 10.5. The van der Waals surface area contributed by atoms with Gasteiger partial charge < -0.3 is 10.0 Å². The normalized spacial score (nSPS) is 9.12. The first-order chi connectivity index (χ1) is 3.65. The van der Waals surface area contributed by atoms with Crippen molar-refractivity contribution >= 4 is 0 Å². The van der Waals surface area contributed by atoms with E-state index in [0.717, 1.165) is 6.26 Å². The highest BCUT2D eigenvalue weighted by molar-refractivity contribution is 4.60. The molecule has 0 aromatic heterocycles. The van der Waals surface area contributed by atoms with Gasteiger partial charge in [-0.1, -0.05) is 6.08 Å². The van der Waals surface area contributed by atoms with Crippen LogP contribution in [0.4, 0.5) is 0 Å². The molecule has 0 heterocycles. The molecule has 0 aliphatic heterocycles. The summed E-state index contributed by atoms with van der Waals surface area (Å²) in [5.74, 6) is 0. The van der Waals surface area contributed by atoms with Gasteiger partial charge in [-0.05, 0) is 28.1 Å². The molecule has 0 aliphatic rings. The number of nitrogens with zero attached hydrogens (tertiary/aromatic N) is 1. The molecule has 0 bridgehead atoms. The van der Waals surface area contributed by atoms with Crippen molar-refractivity contribution in [1.29, 1.82) is 0 Å². The third-order valence-corrected chi connectivity index (χ3v) is 0.149. The third kappa shape index (κ3) is 446. The Morgan fingerprint density at radius 2 is 1.38 bits per heavy atom. The standard InChI is InChI=1S/C3H9N.C3H6O/c1-4(2)3;1-2-3-4/h1-3H3;2-4H,1H3. The highest BCUT2D eigenvalue weighted by Gasteiger charge is 1.58. The Morgan fingerprint density at radius 1 is 1.25 bits per heavy atom. The summed E-state index contributed by atoms with van der Waals surface area (Å²) in [6, 6.07) is 0. The molecule has 0 amide bonds. The van der Waals surface area contributed by atoms with E-state index < -0.39 is 0 Å². The zero-order valence-electron chi connectivity index (χ0n) is 6.05. The fourth-order valence-electron chi connectivity index (χ4n) is 0. The Bertz CT molecular complexity index is 43.7. The van der Waals surface area contributed by atoms with Crippen LogP contribution in [0.15, 0.2) is 12.3 Å². The maximum absolute atomic E-state index is 7.69. The van der Waals surface area contributed by atoms with Crippen LogP contribution in [-0.2, 0) is 0 Å². The first-order valence-corrected chi connectivity index (χ1v) is 2.51. The third-order valence-electron chi connectivity index (χ3n) is 0.149. The van der Waals surface area contributed by atoms with Gasteiger partial charge in [0.15, 0.2) is 0 Å². The van der Waals surface area contributed by atoms with Gasteiger partial charge in [0, 0.05) is 0 Å². The van der Waals surface area contributed by atoms with E-state index in [1.54, 1.807) is 13.0 Å². The van der Waals surface area contributed by atoms with Crippen LogP contribution in [0.2, 0.25) is 0 Å². The van der Waals surface area contributed by atoms with Crippen LogP contribution in [0.5, 0.6) is 0 Å². The monoisotopic (exact) mass is 117 g/mol. The number of rotatable bonds is 0. The highest BCUT2D eigenvalue weighted by atomic mass is 16.2. The molecule has 0 aromatic carbocycles. The van der Waals surface area contributed by atoms with E-state index >= 15 is 0 Å². The predicted molar refractivity (Wildman–Crippen MR) is 37.1 cm³/mol. The molecule has 0 rings (SSSR count). The van der Waals surface area contributed by atoms with Crippen LogP contribution in [0, 0.1) is 0 Å². The fourth-order valence-corrected chi connectivity index (χ4v) is 0. The van der Waals surface area contributed by atoms with Gasteiger partial charge in [0.1, 0.15) is 0 Å². The van der Waals surface area contributed by atoms with E-state index in [4.69, 9.17) is 5.11 Å². The van der Waals surface area contributed by atoms with Crippen LogP contribution < -0.4 is 0 Å². The average Bonchev–Trinajstić information content (AvgIpc) is 1.65. The second kappa shape index (κ2) is 9.71. The Balaban J connectivity index is 0. The largest absolute Gasteiger partial charge is 0.516 e. The van der Waals surface area contributed by atoms with Gasteiger partial charge in [0.25, 0.3) is 0 Å². The summed E-state index contributed by atoms with van der Waals surface area (Å²) in [5.41, 5.74) is 0.